The second-order valence-corrected chi connectivity index (χ2v) is 1.93. The summed E-state index contributed by atoms with van der Waals surface area (Å²) in [6.45, 7) is 0. The third kappa shape index (κ3) is 1.48. The van der Waals surface area contributed by atoms with Crippen molar-refractivity contribution >= 4 is 17.3 Å². The Bertz CT molecular complexity index is 224. The van der Waals surface area contributed by atoms with E-state index in [4.69, 9.17) is 17.0 Å². The van der Waals surface area contributed by atoms with Crippen LogP contribution < -0.4 is 0 Å². The Hall–Kier alpha value is -1.03. The van der Waals surface area contributed by atoms with Gasteiger partial charge in [-0.2, -0.15) is 0 Å². The van der Waals surface area contributed by atoms with Gasteiger partial charge in [-0.25, -0.2) is 9.97 Å². The number of aromatic nitrogens is 2. The summed E-state index contributed by atoms with van der Waals surface area (Å²) in [5.74, 6) is 0.458. The van der Waals surface area contributed by atoms with Crippen molar-refractivity contribution in [2.75, 3.05) is 7.11 Å². The lowest BCUT2D eigenvalue weighted by atomic mass is 10.6. The molecule has 1 aromatic rings. The van der Waals surface area contributed by atoms with E-state index in [2.05, 4.69) is 9.97 Å². The van der Waals surface area contributed by atoms with Gasteiger partial charge in [0.15, 0.2) is 0 Å². The average molecular weight is 154 g/mol. The molecule has 0 N–H and O–H groups in total. The van der Waals surface area contributed by atoms with Crippen LogP contribution in [0.15, 0.2) is 18.5 Å². The second kappa shape index (κ2) is 3.22. The summed E-state index contributed by atoms with van der Waals surface area (Å²) < 4.78 is 4.74. The summed E-state index contributed by atoms with van der Waals surface area (Å²) in [7, 11) is 1.50. The molecular weight excluding hydrogens is 148 g/mol. The minimum absolute atomic E-state index is 0.320. The minimum atomic E-state index is 0.320. The molecule has 0 aliphatic heterocycles. The first-order valence-corrected chi connectivity index (χ1v) is 3.11. The maximum atomic E-state index is 4.77. The van der Waals surface area contributed by atoms with Gasteiger partial charge in [0.25, 0.3) is 0 Å². The quantitative estimate of drug-likeness (QED) is 0.560. The Morgan fingerprint density at radius 3 is 2.60 bits per heavy atom. The van der Waals surface area contributed by atoms with E-state index in [0.717, 1.165) is 0 Å². The van der Waals surface area contributed by atoms with Gasteiger partial charge in [0.1, 0.15) is 0 Å². The van der Waals surface area contributed by atoms with E-state index in [-0.39, 0.29) is 0 Å². The lowest BCUT2D eigenvalue weighted by Crippen LogP contribution is -2.04. The monoisotopic (exact) mass is 154 g/mol. The molecule has 0 amide bonds. The number of methoxy groups -OCH3 is 1. The zero-order valence-corrected chi connectivity index (χ0v) is 6.26. The van der Waals surface area contributed by atoms with Crippen molar-refractivity contribution in [2.24, 2.45) is 0 Å². The summed E-state index contributed by atoms with van der Waals surface area (Å²) in [5.41, 5.74) is 0. The molecular formula is C6H6N2OS. The van der Waals surface area contributed by atoms with Crippen LogP contribution in [0.25, 0.3) is 0 Å². The fraction of sp³-hybridized carbons (Fsp3) is 0.167. The van der Waals surface area contributed by atoms with E-state index in [1.54, 1.807) is 18.5 Å². The number of ether oxygens (including phenoxy) is 1. The molecule has 0 saturated heterocycles. The highest BCUT2D eigenvalue weighted by molar-refractivity contribution is 7.80. The third-order valence-corrected chi connectivity index (χ3v) is 1.28. The van der Waals surface area contributed by atoms with Crippen LogP contribution in [0, 0.1) is 0 Å². The first kappa shape index (κ1) is 7.08. The Balaban J connectivity index is 2.85. The van der Waals surface area contributed by atoms with E-state index < -0.39 is 0 Å². The fourth-order valence-corrected chi connectivity index (χ4v) is 0.601. The average Bonchev–Trinajstić information content (AvgIpc) is 2.05. The van der Waals surface area contributed by atoms with E-state index in [1.165, 1.54) is 7.11 Å². The van der Waals surface area contributed by atoms with Gasteiger partial charge >= 0.3 is 0 Å². The molecule has 10 heavy (non-hydrogen) atoms. The van der Waals surface area contributed by atoms with Gasteiger partial charge in [0, 0.05) is 12.4 Å². The Morgan fingerprint density at radius 2 is 2.10 bits per heavy atom. The van der Waals surface area contributed by atoms with Crippen molar-refractivity contribution in [1.82, 2.24) is 9.97 Å². The maximum absolute atomic E-state index is 4.77. The smallest absolute Gasteiger partial charge is 0.229 e. The van der Waals surface area contributed by atoms with Crippen LogP contribution in [0.1, 0.15) is 5.82 Å². The van der Waals surface area contributed by atoms with Crippen molar-refractivity contribution < 1.29 is 4.74 Å². The zero-order valence-electron chi connectivity index (χ0n) is 5.44. The largest absolute Gasteiger partial charge is 0.484 e. The molecule has 0 aromatic carbocycles. The van der Waals surface area contributed by atoms with Crippen molar-refractivity contribution in [2.45, 2.75) is 0 Å². The van der Waals surface area contributed by atoms with Crippen LogP contribution in [-0.2, 0) is 4.74 Å². The summed E-state index contributed by atoms with van der Waals surface area (Å²) >= 11 is 4.77. The van der Waals surface area contributed by atoms with E-state index in [9.17, 15) is 0 Å². The Kier molecular flexibility index (Phi) is 2.28. The maximum Gasteiger partial charge on any atom is 0.229 e. The van der Waals surface area contributed by atoms with Crippen molar-refractivity contribution in [3.05, 3.63) is 24.3 Å². The first-order valence-electron chi connectivity index (χ1n) is 2.70. The molecule has 0 radical (unpaired) electrons. The highest BCUT2D eigenvalue weighted by Gasteiger charge is 1.99. The van der Waals surface area contributed by atoms with Gasteiger partial charge in [-0.15, -0.1) is 0 Å². The fourth-order valence-electron chi connectivity index (χ4n) is 0.496. The molecule has 3 nitrogen and oxygen atoms in total. The highest BCUT2D eigenvalue weighted by atomic mass is 32.1. The number of rotatable bonds is 1. The molecule has 0 fully saturated rings. The molecule has 0 atom stereocenters. The number of nitrogens with zero attached hydrogens (tertiary/aromatic N) is 2. The molecule has 52 valence electrons. The predicted octanol–water partition coefficient (Wildman–Crippen LogP) is 0.798. The van der Waals surface area contributed by atoms with Crippen LogP contribution in [-0.4, -0.2) is 22.1 Å². The highest BCUT2D eigenvalue weighted by Crippen LogP contribution is 1.91. The van der Waals surface area contributed by atoms with Gasteiger partial charge in [-0.3, -0.25) is 0 Å². The van der Waals surface area contributed by atoms with Gasteiger partial charge < -0.3 is 4.74 Å². The van der Waals surface area contributed by atoms with Crippen LogP contribution >= 0.6 is 12.2 Å². The van der Waals surface area contributed by atoms with Crippen LogP contribution in [0.2, 0.25) is 0 Å². The van der Waals surface area contributed by atoms with E-state index >= 15 is 0 Å². The van der Waals surface area contributed by atoms with Gasteiger partial charge in [-0.1, -0.05) is 0 Å². The number of hydrogen-bond donors (Lipinski definition) is 0. The number of thiocarbonyl (C=S) groups is 1. The number of hydrogen-bond acceptors (Lipinski definition) is 4. The molecule has 0 unspecified atom stereocenters. The van der Waals surface area contributed by atoms with Crippen LogP contribution in [0.5, 0.6) is 0 Å². The molecule has 0 bridgehead atoms. The van der Waals surface area contributed by atoms with Crippen molar-refractivity contribution in [3.8, 4) is 0 Å². The molecule has 0 aliphatic rings. The van der Waals surface area contributed by atoms with E-state index in [1.807, 2.05) is 0 Å². The zero-order chi connectivity index (χ0) is 7.40. The Labute approximate surface area is 64.1 Å². The molecule has 0 saturated carbocycles. The molecule has 1 heterocycles. The lowest BCUT2D eigenvalue weighted by Gasteiger charge is -1.96. The third-order valence-electron chi connectivity index (χ3n) is 0.934. The summed E-state index contributed by atoms with van der Waals surface area (Å²) in [6.07, 6.45) is 3.24. The van der Waals surface area contributed by atoms with Gasteiger partial charge in [-0.05, 0) is 18.3 Å². The molecule has 1 aromatic heterocycles. The van der Waals surface area contributed by atoms with Crippen LogP contribution in [0.3, 0.4) is 0 Å². The molecule has 1 rings (SSSR count). The first-order chi connectivity index (χ1) is 4.84. The van der Waals surface area contributed by atoms with Crippen LogP contribution in [0.4, 0.5) is 0 Å². The SMILES string of the molecule is COC(=S)c1ncccn1. The summed E-state index contributed by atoms with van der Waals surface area (Å²) in [4.78, 5) is 7.74. The predicted molar refractivity (Wildman–Crippen MR) is 40.7 cm³/mol. The standard InChI is InChI=1S/C6H6N2OS/c1-9-6(10)5-7-3-2-4-8-5/h2-4H,1H3. The molecule has 0 aliphatic carbocycles. The summed E-state index contributed by atoms with van der Waals surface area (Å²) in [5, 5.41) is 0.320. The lowest BCUT2D eigenvalue weighted by molar-refractivity contribution is 0.413. The van der Waals surface area contributed by atoms with Gasteiger partial charge in [0.2, 0.25) is 10.9 Å². The molecule has 0 spiro atoms. The second-order valence-electron chi connectivity index (χ2n) is 1.56. The van der Waals surface area contributed by atoms with Crippen molar-refractivity contribution in [1.29, 1.82) is 0 Å². The normalized spacial score (nSPS) is 8.90. The Morgan fingerprint density at radius 1 is 1.50 bits per heavy atom. The van der Waals surface area contributed by atoms with E-state index in [0.29, 0.717) is 10.9 Å². The minimum Gasteiger partial charge on any atom is -0.484 e. The summed E-state index contributed by atoms with van der Waals surface area (Å²) in [6, 6.07) is 1.72. The van der Waals surface area contributed by atoms with Gasteiger partial charge in [0.05, 0.1) is 7.11 Å². The van der Waals surface area contributed by atoms with Crippen molar-refractivity contribution in [3.63, 3.8) is 0 Å². The topological polar surface area (TPSA) is 35.0 Å². The molecule has 4 heteroatoms.